The van der Waals surface area contributed by atoms with Crippen LogP contribution in [0.4, 0.5) is 0 Å². The molecule has 1 aliphatic rings. The molecule has 1 fully saturated rings. The first kappa shape index (κ1) is 15.4. The molecule has 1 heterocycles. The highest BCUT2D eigenvalue weighted by atomic mass is 15.1. The molecule has 0 amide bonds. The van der Waals surface area contributed by atoms with Crippen LogP contribution in [0.3, 0.4) is 0 Å². The summed E-state index contributed by atoms with van der Waals surface area (Å²) in [6, 6.07) is 0.912. The van der Waals surface area contributed by atoms with Gasteiger partial charge in [0.1, 0.15) is 0 Å². The number of likely N-dealkylation sites (tertiary alicyclic amines) is 1. The second kappa shape index (κ2) is 12.0. The molecular formula is C12H29N. The van der Waals surface area contributed by atoms with Gasteiger partial charge in [-0.15, -0.1) is 0 Å². The van der Waals surface area contributed by atoms with Gasteiger partial charge >= 0.3 is 0 Å². The van der Waals surface area contributed by atoms with E-state index in [0.29, 0.717) is 0 Å². The first-order chi connectivity index (χ1) is 6.34. The van der Waals surface area contributed by atoms with Crippen LogP contribution in [0.15, 0.2) is 0 Å². The van der Waals surface area contributed by atoms with Gasteiger partial charge in [0.15, 0.2) is 0 Å². The fourth-order valence-corrected chi connectivity index (χ4v) is 1.68. The van der Waals surface area contributed by atoms with E-state index in [1.165, 1.54) is 32.2 Å². The molecule has 0 aromatic heterocycles. The molecule has 1 aliphatic heterocycles. The summed E-state index contributed by atoms with van der Waals surface area (Å²) >= 11 is 0. The second-order valence-corrected chi connectivity index (χ2v) is 3.07. The monoisotopic (exact) mass is 187 g/mol. The minimum Gasteiger partial charge on any atom is -0.303 e. The summed E-state index contributed by atoms with van der Waals surface area (Å²) in [5.74, 6) is 0. The summed E-state index contributed by atoms with van der Waals surface area (Å²) in [5.41, 5.74) is 0. The predicted octanol–water partition coefficient (Wildman–Crippen LogP) is 3.93. The zero-order valence-electron chi connectivity index (χ0n) is 10.6. The fraction of sp³-hybridized carbons (Fsp3) is 1.00. The van der Waals surface area contributed by atoms with Crippen LogP contribution in [-0.4, -0.2) is 24.5 Å². The van der Waals surface area contributed by atoms with Crippen LogP contribution in [0.2, 0.25) is 0 Å². The van der Waals surface area contributed by atoms with Crippen molar-refractivity contribution in [2.24, 2.45) is 0 Å². The molecule has 0 saturated carbocycles. The molecule has 1 atom stereocenters. The van der Waals surface area contributed by atoms with E-state index in [1.54, 1.807) is 0 Å². The second-order valence-electron chi connectivity index (χ2n) is 3.07. The van der Waals surface area contributed by atoms with Gasteiger partial charge < -0.3 is 4.90 Å². The summed E-state index contributed by atoms with van der Waals surface area (Å²) < 4.78 is 0. The molecule has 1 nitrogen and oxygen atoms in total. The fourth-order valence-electron chi connectivity index (χ4n) is 1.68. The van der Waals surface area contributed by atoms with Crippen LogP contribution in [0.25, 0.3) is 0 Å². The van der Waals surface area contributed by atoms with Crippen molar-refractivity contribution in [3.63, 3.8) is 0 Å². The van der Waals surface area contributed by atoms with Crippen LogP contribution in [0.5, 0.6) is 0 Å². The van der Waals surface area contributed by atoms with E-state index in [-0.39, 0.29) is 0 Å². The largest absolute Gasteiger partial charge is 0.303 e. The Labute approximate surface area is 85.5 Å². The molecule has 1 saturated heterocycles. The van der Waals surface area contributed by atoms with E-state index in [4.69, 9.17) is 0 Å². The SMILES string of the molecule is CC.CC.CCCC1CCCN1C. The molecule has 1 rings (SSSR count). The smallest absolute Gasteiger partial charge is 0.00925 e. The van der Waals surface area contributed by atoms with Gasteiger partial charge in [-0.05, 0) is 32.9 Å². The first-order valence-corrected chi connectivity index (χ1v) is 6.05. The average Bonchev–Trinajstić information content (AvgIpc) is 2.60. The third kappa shape index (κ3) is 7.06. The molecule has 0 bridgehead atoms. The van der Waals surface area contributed by atoms with Gasteiger partial charge in [-0.2, -0.15) is 0 Å². The minimum atomic E-state index is 0.912. The maximum Gasteiger partial charge on any atom is 0.00925 e. The molecule has 0 radical (unpaired) electrons. The van der Waals surface area contributed by atoms with Crippen molar-refractivity contribution < 1.29 is 0 Å². The number of hydrogen-bond donors (Lipinski definition) is 0. The van der Waals surface area contributed by atoms with Crippen LogP contribution >= 0.6 is 0 Å². The Kier molecular flexibility index (Phi) is 14.2. The van der Waals surface area contributed by atoms with Gasteiger partial charge in [-0.3, -0.25) is 0 Å². The van der Waals surface area contributed by atoms with Crippen LogP contribution in [0.1, 0.15) is 60.3 Å². The number of hydrogen-bond acceptors (Lipinski definition) is 1. The van der Waals surface area contributed by atoms with E-state index >= 15 is 0 Å². The standard InChI is InChI=1S/C8H17N.2C2H6/c1-3-5-8-6-4-7-9(8)2;2*1-2/h8H,3-7H2,1-2H3;2*1-2H3. The van der Waals surface area contributed by atoms with Crippen LogP contribution in [0, 0.1) is 0 Å². The van der Waals surface area contributed by atoms with Gasteiger partial charge in [0, 0.05) is 6.04 Å². The highest BCUT2D eigenvalue weighted by Crippen LogP contribution is 2.18. The zero-order valence-corrected chi connectivity index (χ0v) is 10.6. The molecular weight excluding hydrogens is 158 g/mol. The molecule has 0 aliphatic carbocycles. The third-order valence-electron chi connectivity index (χ3n) is 2.29. The topological polar surface area (TPSA) is 3.24 Å². The van der Waals surface area contributed by atoms with E-state index in [2.05, 4.69) is 18.9 Å². The minimum absolute atomic E-state index is 0.912. The maximum atomic E-state index is 2.49. The lowest BCUT2D eigenvalue weighted by Gasteiger charge is -2.17. The third-order valence-corrected chi connectivity index (χ3v) is 2.29. The van der Waals surface area contributed by atoms with Crippen LogP contribution in [-0.2, 0) is 0 Å². The summed E-state index contributed by atoms with van der Waals surface area (Å²) in [5, 5.41) is 0. The van der Waals surface area contributed by atoms with Gasteiger partial charge in [0.2, 0.25) is 0 Å². The van der Waals surface area contributed by atoms with Crippen molar-refractivity contribution in [2.75, 3.05) is 13.6 Å². The summed E-state index contributed by atoms with van der Waals surface area (Å²) in [4.78, 5) is 2.49. The van der Waals surface area contributed by atoms with Crippen molar-refractivity contribution in [3.05, 3.63) is 0 Å². The molecule has 0 aromatic rings. The Bertz CT molecular complexity index is 81.2. The number of rotatable bonds is 2. The summed E-state index contributed by atoms with van der Waals surface area (Å²) in [6.07, 6.45) is 5.59. The van der Waals surface area contributed by atoms with Crippen molar-refractivity contribution in [2.45, 2.75) is 66.3 Å². The van der Waals surface area contributed by atoms with Crippen molar-refractivity contribution in [3.8, 4) is 0 Å². The van der Waals surface area contributed by atoms with Crippen molar-refractivity contribution in [1.82, 2.24) is 4.90 Å². The Morgan fingerprint density at radius 3 is 2.00 bits per heavy atom. The molecule has 0 aromatic carbocycles. The molecule has 1 unspecified atom stereocenters. The predicted molar refractivity (Wildman–Crippen MR) is 63.3 cm³/mol. The Balaban J connectivity index is 0. The lowest BCUT2D eigenvalue weighted by molar-refractivity contribution is 0.295. The van der Waals surface area contributed by atoms with E-state index < -0.39 is 0 Å². The van der Waals surface area contributed by atoms with E-state index in [0.717, 1.165) is 6.04 Å². The lowest BCUT2D eigenvalue weighted by Crippen LogP contribution is -2.24. The Hall–Kier alpha value is -0.0400. The maximum absolute atomic E-state index is 2.49. The first-order valence-electron chi connectivity index (χ1n) is 6.05. The van der Waals surface area contributed by atoms with Gasteiger partial charge in [-0.25, -0.2) is 0 Å². The number of nitrogens with zero attached hydrogens (tertiary/aromatic N) is 1. The summed E-state index contributed by atoms with van der Waals surface area (Å²) in [7, 11) is 2.24. The van der Waals surface area contributed by atoms with Crippen LogP contribution < -0.4 is 0 Å². The quantitative estimate of drug-likeness (QED) is 0.633. The normalized spacial score (nSPS) is 21.2. The molecule has 13 heavy (non-hydrogen) atoms. The zero-order chi connectivity index (χ0) is 10.7. The van der Waals surface area contributed by atoms with E-state index in [1.807, 2.05) is 27.7 Å². The molecule has 82 valence electrons. The highest BCUT2D eigenvalue weighted by molar-refractivity contribution is 4.75. The van der Waals surface area contributed by atoms with Crippen molar-refractivity contribution >= 4 is 0 Å². The lowest BCUT2D eigenvalue weighted by atomic mass is 10.1. The summed E-state index contributed by atoms with van der Waals surface area (Å²) in [6.45, 7) is 11.6. The van der Waals surface area contributed by atoms with Gasteiger partial charge in [-0.1, -0.05) is 41.0 Å². The van der Waals surface area contributed by atoms with Gasteiger partial charge in [0.05, 0.1) is 0 Å². The van der Waals surface area contributed by atoms with Crippen molar-refractivity contribution in [1.29, 1.82) is 0 Å². The van der Waals surface area contributed by atoms with E-state index in [9.17, 15) is 0 Å². The highest BCUT2D eigenvalue weighted by Gasteiger charge is 2.18. The van der Waals surface area contributed by atoms with Gasteiger partial charge in [0.25, 0.3) is 0 Å². The molecule has 1 heteroatoms. The molecule has 0 spiro atoms. The average molecular weight is 187 g/mol. The Morgan fingerprint density at radius 1 is 1.15 bits per heavy atom. The molecule has 0 N–H and O–H groups in total. The Morgan fingerprint density at radius 2 is 1.69 bits per heavy atom.